The molecule has 1 heterocycles. The number of hydrazone groups is 1. The van der Waals surface area contributed by atoms with E-state index in [1.807, 2.05) is 0 Å². The number of aromatic hydroxyl groups is 1. The predicted molar refractivity (Wildman–Crippen MR) is 80.6 cm³/mol. The van der Waals surface area contributed by atoms with Gasteiger partial charge in [-0.1, -0.05) is 16.5 Å². The summed E-state index contributed by atoms with van der Waals surface area (Å²) in [6.45, 7) is -0.375. The van der Waals surface area contributed by atoms with E-state index < -0.39 is 33.1 Å². The highest BCUT2D eigenvalue weighted by molar-refractivity contribution is 6.31. The second-order valence-corrected chi connectivity index (χ2v) is 4.86. The zero-order chi connectivity index (χ0) is 18.6. The molecular weight excluding hydrogens is 362 g/mol. The molecule has 0 saturated carbocycles. The molecule has 1 amide bonds. The number of benzene rings is 1. The summed E-state index contributed by atoms with van der Waals surface area (Å²) >= 11 is 5.71. The molecule has 2 rings (SSSR count). The van der Waals surface area contributed by atoms with Crippen molar-refractivity contribution in [2.75, 3.05) is 0 Å². The molecule has 3 N–H and O–H groups in total. The van der Waals surface area contributed by atoms with Crippen molar-refractivity contribution in [2.24, 2.45) is 5.10 Å². The fourth-order valence-electron chi connectivity index (χ4n) is 1.65. The molecule has 0 aliphatic heterocycles. The predicted octanol–water partition coefficient (Wildman–Crippen LogP) is 0.495. The number of nitrogens with zero attached hydrogens (tertiary/aromatic N) is 6. The van der Waals surface area contributed by atoms with Gasteiger partial charge in [0.15, 0.2) is 4.92 Å². The van der Waals surface area contributed by atoms with Crippen LogP contribution in [0.5, 0.6) is 5.75 Å². The number of rotatable bonds is 6. The van der Waals surface area contributed by atoms with Crippen LogP contribution in [0.2, 0.25) is 5.02 Å². The molecule has 0 atom stereocenters. The molecular formula is C11H9ClN7O6+. The molecule has 0 bridgehead atoms. The molecule has 2 aromatic rings. The maximum atomic E-state index is 11.6. The Hall–Kier alpha value is -3.61. The van der Waals surface area contributed by atoms with Gasteiger partial charge in [-0.25, -0.2) is 5.43 Å². The lowest BCUT2D eigenvalue weighted by Crippen LogP contribution is -2.23. The first-order valence-corrected chi connectivity index (χ1v) is 6.70. The lowest BCUT2D eigenvalue weighted by Gasteiger charge is -2.01. The normalized spacial score (nSPS) is 10.8. The number of nitro groups is 1. The highest BCUT2D eigenvalue weighted by atomic mass is 35.5. The Labute approximate surface area is 142 Å². The monoisotopic (exact) mass is 370 g/mol. The Morgan fingerprint density at radius 3 is 2.80 bits per heavy atom. The minimum absolute atomic E-state index is 0.00130. The van der Waals surface area contributed by atoms with E-state index in [0.717, 1.165) is 23.3 Å². The molecule has 13 nitrogen and oxygen atoms in total. The number of halogens is 1. The average Bonchev–Trinajstić information content (AvgIpc) is 2.98. The van der Waals surface area contributed by atoms with E-state index in [1.54, 1.807) is 0 Å². The SMILES string of the molecule is O=C(Cn1cnc([N+](=O)O)n1)N/N=C/c1cc(Cl)cc([N+](=O)[O-])c1O. The maximum absolute atomic E-state index is 11.6. The van der Waals surface area contributed by atoms with Gasteiger partial charge < -0.3 is 10.3 Å². The zero-order valence-corrected chi connectivity index (χ0v) is 12.9. The minimum atomic E-state index is -0.820. The third-order valence-corrected chi connectivity index (χ3v) is 2.89. The summed E-state index contributed by atoms with van der Waals surface area (Å²) in [5.74, 6) is -1.89. The Balaban J connectivity index is 2.04. The van der Waals surface area contributed by atoms with E-state index in [4.69, 9.17) is 16.8 Å². The van der Waals surface area contributed by atoms with Crippen LogP contribution in [0, 0.1) is 15.0 Å². The molecule has 0 saturated heterocycles. The van der Waals surface area contributed by atoms with Gasteiger partial charge in [0, 0.05) is 21.8 Å². The van der Waals surface area contributed by atoms with Crippen LogP contribution in [0.3, 0.4) is 0 Å². The maximum Gasteiger partial charge on any atom is 0.531 e. The van der Waals surface area contributed by atoms with Crippen molar-refractivity contribution >= 4 is 35.4 Å². The van der Waals surface area contributed by atoms with Crippen molar-refractivity contribution in [1.29, 1.82) is 0 Å². The Bertz CT molecular complexity index is 880. The van der Waals surface area contributed by atoms with Gasteiger partial charge in [-0.15, -0.1) is 0 Å². The number of nitro benzene ring substituents is 1. The lowest BCUT2D eigenvalue weighted by atomic mass is 10.2. The Morgan fingerprint density at radius 1 is 1.48 bits per heavy atom. The molecule has 25 heavy (non-hydrogen) atoms. The minimum Gasteiger partial charge on any atom is -0.502 e. The van der Waals surface area contributed by atoms with Crippen LogP contribution in [0.4, 0.5) is 11.6 Å². The smallest absolute Gasteiger partial charge is 0.502 e. The molecule has 14 heteroatoms. The summed E-state index contributed by atoms with van der Waals surface area (Å²) in [6, 6.07) is 2.18. The van der Waals surface area contributed by atoms with Crippen LogP contribution in [0.25, 0.3) is 0 Å². The van der Waals surface area contributed by atoms with E-state index in [2.05, 4.69) is 20.6 Å². The van der Waals surface area contributed by atoms with Crippen LogP contribution in [0.1, 0.15) is 5.56 Å². The summed E-state index contributed by atoms with van der Waals surface area (Å²) in [5, 5.41) is 36.1. The second kappa shape index (κ2) is 7.31. The fourth-order valence-corrected chi connectivity index (χ4v) is 1.87. The summed E-state index contributed by atoms with van der Waals surface area (Å²) in [5.41, 5.74) is 1.39. The van der Waals surface area contributed by atoms with Crippen LogP contribution in [-0.2, 0) is 11.3 Å². The third-order valence-electron chi connectivity index (χ3n) is 2.67. The standard InChI is InChI=1S/C11H8ClN7O6/c12-7-1-6(10(21)8(2-7)18(22)23)3-14-15-9(20)4-17-5-13-11(16-17)19(24)25/h1-3,5H,4H2,(H2-,14,15,20,21,24,25)/p+1. The first kappa shape index (κ1) is 17.7. The van der Waals surface area contributed by atoms with Gasteiger partial charge in [-0.05, 0) is 11.1 Å². The van der Waals surface area contributed by atoms with Gasteiger partial charge in [-0.2, -0.15) is 9.78 Å². The number of phenols is 1. The summed E-state index contributed by atoms with van der Waals surface area (Å²) in [4.78, 5) is 35.0. The highest BCUT2D eigenvalue weighted by Crippen LogP contribution is 2.32. The van der Waals surface area contributed by atoms with Crippen molar-refractivity contribution < 1.29 is 25.0 Å². The van der Waals surface area contributed by atoms with E-state index in [9.17, 15) is 24.9 Å². The van der Waals surface area contributed by atoms with Gasteiger partial charge in [0.25, 0.3) is 5.91 Å². The third kappa shape index (κ3) is 4.44. The summed E-state index contributed by atoms with van der Waals surface area (Å²) in [7, 11) is 0. The number of aromatic nitrogens is 3. The topological polar surface area (TPSA) is 176 Å². The molecule has 1 aromatic heterocycles. The first-order valence-electron chi connectivity index (χ1n) is 6.32. The molecule has 130 valence electrons. The van der Waals surface area contributed by atoms with E-state index in [-0.39, 0.29) is 17.1 Å². The largest absolute Gasteiger partial charge is 0.531 e. The van der Waals surface area contributed by atoms with Crippen molar-refractivity contribution in [3.05, 3.63) is 44.1 Å². The van der Waals surface area contributed by atoms with Crippen molar-refractivity contribution in [3.63, 3.8) is 0 Å². The van der Waals surface area contributed by atoms with E-state index >= 15 is 0 Å². The van der Waals surface area contributed by atoms with E-state index in [1.165, 1.54) is 6.07 Å². The van der Waals surface area contributed by atoms with Gasteiger partial charge >= 0.3 is 11.6 Å². The lowest BCUT2D eigenvalue weighted by molar-refractivity contribution is -0.734. The number of phenolic OH excluding ortho intramolecular Hbond substituents is 1. The number of amides is 1. The molecule has 0 radical (unpaired) electrons. The van der Waals surface area contributed by atoms with Crippen molar-refractivity contribution in [3.8, 4) is 5.75 Å². The number of nitrogens with one attached hydrogen (secondary N) is 1. The molecule has 0 unspecified atom stereocenters. The van der Waals surface area contributed by atoms with Crippen LogP contribution in [0.15, 0.2) is 23.6 Å². The van der Waals surface area contributed by atoms with Crippen LogP contribution >= 0.6 is 11.6 Å². The second-order valence-electron chi connectivity index (χ2n) is 4.43. The van der Waals surface area contributed by atoms with Crippen LogP contribution in [-0.4, -0.2) is 47.0 Å². The zero-order valence-electron chi connectivity index (χ0n) is 12.1. The first-order chi connectivity index (χ1) is 11.8. The number of hydrogen-bond donors (Lipinski definition) is 3. The van der Waals surface area contributed by atoms with Gasteiger partial charge in [-0.3, -0.25) is 14.9 Å². The number of carbonyl (C=O) groups excluding carboxylic acids is 1. The average molecular weight is 371 g/mol. The Kier molecular flexibility index (Phi) is 5.18. The van der Waals surface area contributed by atoms with Crippen LogP contribution < -0.4 is 5.43 Å². The van der Waals surface area contributed by atoms with E-state index in [0.29, 0.717) is 0 Å². The number of hydrogen-bond acceptors (Lipinski definition) is 8. The molecule has 0 fully saturated rings. The molecule has 0 aliphatic rings. The molecule has 1 aromatic carbocycles. The van der Waals surface area contributed by atoms with Gasteiger partial charge in [0.05, 0.1) is 11.1 Å². The summed E-state index contributed by atoms with van der Waals surface area (Å²) in [6.07, 6.45) is 2.00. The van der Waals surface area contributed by atoms with Gasteiger partial charge in [0.2, 0.25) is 12.1 Å². The number of carbonyl (C=O) groups is 1. The molecule has 0 spiro atoms. The van der Waals surface area contributed by atoms with Crippen molar-refractivity contribution in [1.82, 2.24) is 20.2 Å². The quantitative estimate of drug-likeness (QED) is 0.373. The Morgan fingerprint density at radius 2 is 2.20 bits per heavy atom. The highest BCUT2D eigenvalue weighted by Gasteiger charge is 2.19. The summed E-state index contributed by atoms with van der Waals surface area (Å²) < 4.78 is 0.961. The molecule has 0 aliphatic carbocycles. The fraction of sp³-hybridized carbons (Fsp3) is 0.0909. The van der Waals surface area contributed by atoms with Crippen molar-refractivity contribution in [2.45, 2.75) is 6.54 Å². The van der Waals surface area contributed by atoms with Gasteiger partial charge in [0.1, 0.15) is 6.54 Å².